The number of benzene rings is 1. The number of aliphatic hydroxyl groups is 1. The molecule has 0 saturated carbocycles. The molecule has 118 valence electrons. The minimum absolute atomic E-state index is 0.0254. The first-order valence-electron chi connectivity index (χ1n) is 6.46. The maximum Gasteiger partial charge on any atom is 0.416 e. The van der Waals surface area contributed by atoms with Crippen molar-refractivity contribution in [2.45, 2.75) is 26.1 Å². The molecule has 2 N–H and O–H groups in total. The van der Waals surface area contributed by atoms with Gasteiger partial charge in [0, 0.05) is 12.5 Å². The SMILES string of the molecule is CC(C)C(=O)NCC(O)COc1ccc(C(F)(F)F)cc1. The summed E-state index contributed by atoms with van der Waals surface area (Å²) in [5.41, 5.74) is -0.764. The normalized spacial score (nSPS) is 13.1. The first-order valence-corrected chi connectivity index (χ1v) is 6.46. The Labute approximate surface area is 120 Å². The lowest BCUT2D eigenvalue weighted by atomic mass is 10.2. The van der Waals surface area contributed by atoms with E-state index in [1.54, 1.807) is 13.8 Å². The van der Waals surface area contributed by atoms with Crippen LogP contribution in [0.5, 0.6) is 5.75 Å². The maximum atomic E-state index is 12.4. The Hall–Kier alpha value is -1.76. The Morgan fingerprint density at radius 1 is 1.29 bits per heavy atom. The number of ether oxygens (including phenoxy) is 1. The van der Waals surface area contributed by atoms with Crippen molar-refractivity contribution in [3.8, 4) is 5.75 Å². The lowest BCUT2D eigenvalue weighted by molar-refractivity contribution is -0.137. The number of aliphatic hydroxyl groups excluding tert-OH is 1. The molecular formula is C14H18F3NO3. The smallest absolute Gasteiger partial charge is 0.416 e. The highest BCUT2D eigenvalue weighted by atomic mass is 19.4. The number of amides is 1. The molecule has 0 aliphatic rings. The van der Waals surface area contributed by atoms with Gasteiger partial charge in [0.25, 0.3) is 0 Å². The Morgan fingerprint density at radius 2 is 1.86 bits per heavy atom. The molecule has 21 heavy (non-hydrogen) atoms. The van der Waals surface area contributed by atoms with E-state index in [4.69, 9.17) is 4.74 Å². The summed E-state index contributed by atoms with van der Waals surface area (Å²) in [7, 11) is 0. The van der Waals surface area contributed by atoms with E-state index in [1.807, 2.05) is 0 Å². The van der Waals surface area contributed by atoms with Crippen molar-refractivity contribution in [1.29, 1.82) is 0 Å². The fraction of sp³-hybridized carbons (Fsp3) is 0.500. The molecule has 0 saturated heterocycles. The topological polar surface area (TPSA) is 58.6 Å². The highest BCUT2D eigenvalue weighted by Gasteiger charge is 2.30. The molecule has 0 spiro atoms. The van der Waals surface area contributed by atoms with Crippen LogP contribution < -0.4 is 10.1 Å². The minimum Gasteiger partial charge on any atom is -0.491 e. The number of rotatable bonds is 6. The molecule has 0 bridgehead atoms. The molecular weight excluding hydrogens is 287 g/mol. The van der Waals surface area contributed by atoms with Crippen LogP contribution >= 0.6 is 0 Å². The zero-order valence-electron chi connectivity index (χ0n) is 11.8. The van der Waals surface area contributed by atoms with Gasteiger partial charge in [-0.15, -0.1) is 0 Å². The second-order valence-corrected chi connectivity index (χ2v) is 4.89. The van der Waals surface area contributed by atoms with E-state index in [2.05, 4.69) is 5.32 Å². The Kier molecular flexibility index (Phi) is 6.02. The van der Waals surface area contributed by atoms with Crippen LogP contribution in [0.25, 0.3) is 0 Å². The summed E-state index contributed by atoms with van der Waals surface area (Å²) >= 11 is 0. The molecule has 1 aromatic rings. The predicted octanol–water partition coefficient (Wildman–Crippen LogP) is 2.22. The number of nitrogens with one attached hydrogen (secondary N) is 1. The van der Waals surface area contributed by atoms with Gasteiger partial charge in [-0.25, -0.2) is 0 Å². The number of halogens is 3. The Morgan fingerprint density at radius 3 is 2.33 bits per heavy atom. The third-order valence-electron chi connectivity index (χ3n) is 2.66. The summed E-state index contributed by atoms with van der Waals surface area (Å²) in [5.74, 6) is -0.158. The van der Waals surface area contributed by atoms with Crippen LogP contribution in [-0.2, 0) is 11.0 Å². The molecule has 0 aromatic heterocycles. The van der Waals surface area contributed by atoms with E-state index in [1.165, 1.54) is 12.1 Å². The number of alkyl halides is 3. The van der Waals surface area contributed by atoms with Crippen LogP contribution in [0.15, 0.2) is 24.3 Å². The molecule has 1 amide bonds. The van der Waals surface area contributed by atoms with Crippen LogP contribution in [0, 0.1) is 5.92 Å². The Balaban J connectivity index is 2.39. The molecule has 4 nitrogen and oxygen atoms in total. The van der Waals surface area contributed by atoms with Crippen LogP contribution in [0.2, 0.25) is 0 Å². The molecule has 7 heteroatoms. The van der Waals surface area contributed by atoms with Crippen molar-refractivity contribution in [3.05, 3.63) is 29.8 Å². The first-order chi connectivity index (χ1) is 9.70. The van der Waals surface area contributed by atoms with E-state index in [-0.39, 0.29) is 30.7 Å². The van der Waals surface area contributed by atoms with E-state index in [0.29, 0.717) is 0 Å². The van der Waals surface area contributed by atoms with E-state index in [9.17, 15) is 23.1 Å². The third kappa shape index (κ3) is 6.03. The second-order valence-electron chi connectivity index (χ2n) is 4.89. The quantitative estimate of drug-likeness (QED) is 0.847. The zero-order chi connectivity index (χ0) is 16.0. The van der Waals surface area contributed by atoms with Crippen molar-refractivity contribution in [1.82, 2.24) is 5.32 Å². The van der Waals surface area contributed by atoms with Gasteiger partial charge in [-0.05, 0) is 24.3 Å². The Bertz CT molecular complexity index is 458. The van der Waals surface area contributed by atoms with Crippen molar-refractivity contribution in [2.75, 3.05) is 13.2 Å². The average Bonchev–Trinajstić information content (AvgIpc) is 2.41. The molecule has 1 aromatic carbocycles. The van der Waals surface area contributed by atoms with Gasteiger partial charge in [0.1, 0.15) is 18.5 Å². The molecule has 0 aliphatic carbocycles. The summed E-state index contributed by atoms with van der Waals surface area (Å²) in [5, 5.41) is 12.1. The van der Waals surface area contributed by atoms with E-state index in [0.717, 1.165) is 12.1 Å². The number of carbonyl (C=O) groups excluding carboxylic acids is 1. The van der Waals surface area contributed by atoms with Crippen molar-refractivity contribution >= 4 is 5.91 Å². The minimum atomic E-state index is -4.39. The second kappa shape index (κ2) is 7.31. The lowest BCUT2D eigenvalue weighted by Gasteiger charge is -2.14. The van der Waals surface area contributed by atoms with Gasteiger partial charge < -0.3 is 15.2 Å². The molecule has 0 heterocycles. The maximum absolute atomic E-state index is 12.4. The van der Waals surface area contributed by atoms with Gasteiger partial charge in [0.2, 0.25) is 5.91 Å². The number of hydrogen-bond donors (Lipinski definition) is 2. The van der Waals surface area contributed by atoms with Crippen LogP contribution in [0.1, 0.15) is 19.4 Å². The zero-order valence-corrected chi connectivity index (χ0v) is 11.8. The molecule has 0 aliphatic heterocycles. The lowest BCUT2D eigenvalue weighted by Crippen LogP contribution is -2.37. The predicted molar refractivity (Wildman–Crippen MR) is 70.8 cm³/mol. The number of carbonyl (C=O) groups is 1. The molecule has 1 atom stereocenters. The van der Waals surface area contributed by atoms with Crippen LogP contribution in [0.4, 0.5) is 13.2 Å². The molecule has 1 rings (SSSR count). The van der Waals surface area contributed by atoms with Crippen LogP contribution in [-0.4, -0.2) is 30.3 Å². The van der Waals surface area contributed by atoms with Gasteiger partial charge in [0.05, 0.1) is 5.56 Å². The average molecular weight is 305 g/mol. The molecule has 0 radical (unpaired) electrons. The van der Waals surface area contributed by atoms with Crippen molar-refractivity contribution < 1.29 is 27.8 Å². The van der Waals surface area contributed by atoms with Crippen LogP contribution in [0.3, 0.4) is 0 Å². The summed E-state index contributed by atoms with van der Waals surface area (Å²) < 4.78 is 42.2. The highest BCUT2D eigenvalue weighted by molar-refractivity contribution is 5.77. The molecule has 0 fully saturated rings. The van der Waals surface area contributed by atoms with Crippen molar-refractivity contribution in [2.24, 2.45) is 5.92 Å². The van der Waals surface area contributed by atoms with Gasteiger partial charge >= 0.3 is 6.18 Å². The molecule has 1 unspecified atom stereocenters. The monoisotopic (exact) mass is 305 g/mol. The van der Waals surface area contributed by atoms with Gasteiger partial charge in [-0.3, -0.25) is 4.79 Å². The standard InChI is InChI=1S/C14H18F3NO3/c1-9(2)13(20)18-7-11(19)8-21-12-5-3-10(4-6-12)14(15,16)17/h3-6,9,11,19H,7-8H2,1-2H3,(H,18,20). The number of hydrogen-bond acceptors (Lipinski definition) is 3. The fourth-order valence-electron chi connectivity index (χ4n) is 1.41. The van der Waals surface area contributed by atoms with Gasteiger partial charge in [-0.2, -0.15) is 13.2 Å². The van der Waals surface area contributed by atoms with E-state index >= 15 is 0 Å². The summed E-state index contributed by atoms with van der Waals surface area (Å²) in [6.07, 6.45) is -5.32. The van der Waals surface area contributed by atoms with Gasteiger partial charge in [0.15, 0.2) is 0 Å². The van der Waals surface area contributed by atoms with E-state index < -0.39 is 17.8 Å². The van der Waals surface area contributed by atoms with Crippen molar-refractivity contribution in [3.63, 3.8) is 0 Å². The largest absolute Gasteiger partial charge is 0.491 e. The highest BCUT2D eigenvalue weighted by Crippen LogP contribution is 2.30. The summed E-state index contributed by atoms with van der Waals surface area (Å²) in [6, 6.07) is 4.18. The van der Waals surface area contributed by atoms with Gasteiger partial charge in [-0.1, -0.05) is 13.8 Å². The third-order valence-corrected chi connectivity index (χ3v) is 2.66. The first kappa shape index (κ1) is 17.3. The summed E-state index contributed by atoms with van der Waals surface area (Å²) in [4.78, 5) is 11.3. The fourth-order valence-corrected chi connectivity index (χ4v) is 1.41. The summed E-state index contributed by atoms with van der Waals surface area (Å²) in [6.45, 7) is 3.35.